The van der Waals surface area contributed by atoms with Crippen LogP contribution >= 0.6 is 0 Å². The molecule has 1 aromatic rings. The highest BCUT2D eigenvalue weighted by Gasteiger charge is 2.21. The smallest absolute Gasteiger partial charge is 0.209 e. The van der Waals surface area contributed by atoms with Gasteiger partial charge in [-0.05, 0) is 32.3 Å². The largest absolute Gasteiger partial charge is 0.345 e. The molecule has 82 valence electrons. The minimum Gasteiger partial charge on any atom is -0.345 e. The zero-order valence-electron chi connectivity index (χ0n) is 9.31. The molecule has 2 rings (SSSR count). The van der Waals surface area contributed by atoms with E-state index in [1.807, 2.05) is 11.1 Å². The van der Waals surface area contributed by atoms with Gasteiger partial charge in [-0.3, -0.25) is 9.48 Å². The highest BCUT2D eigenvalue weighted by molar-refractivity contribution is 5.47. The topological polar surface area (TPSA) is 38.1 Å². The number of amides is 1. The number of carbonyl (C=O) groups excluding carboxylic acids is 1. The van der Waals surface area contributed by atoms with Gasteiger partial charge in [0.25, 0.3) is 0 Å². The second-order valence-electron chi connectivity index (χ2n) is 4.23. The van der Waals surface area contributed by atoms with E-state index >= 15 is 0 Å². The van der Waals surface area contributed by atoms with Crippen LogP contribution in [0.1, 0.15) is 30.1 Å². The van der Waals surface area contributed by atoms with Crippen molar-refractivity contribution in [1.29, 1.82) is 0 Å². The van der Waals surface area contributed by atoms with Crippen LogP contribution in [-0.4, -0.2) is 34.2 Å². The Morgan fingerprint density at radius 2 is 2.07 bits per heavy atom. The molecule has 1 aliphatic heterocycles. The van der Waals surface area contributed by atoms with Gasteiger partial charge in [0.15, 0.2) is 0 Å². The SMILES string of the molecule is Cc1cnn(C2CCN(C=O)CC2)c1C. The molecule has 2 heterocycles. The van der Waals surface area contributed by atoms with Crippen molar-refractivity contribution >= 4 is 6.41 Å². The van der Waals surface area contributed by atoms with Gasteiger partial charge in [-0.1, -0.05) is 0 Å². The summed E-state index contributed by atoms with van der Waals surface area (Å²) in [7, 11) is 0. The van der Waals surface area contributed by atoms with Crippen molar-refractivity contribution in [3.05, 3.63) is 17.5 Å². The van der Waals surface area contributed by atoms with Gasteiger partial charge < -0.3 is 4.90 Å². The van der Waals surface area contributed by atoms with Crippen LogP contribution in [0.2, 0.25) is 0 Å². The number of aryl methyl sites for hydroxylation is 1. The van der Waals surface area contributed by atoms with Crippen molar-refractivity contribution in [3.63, 3.8) is 0 Å². The summed E-state index contributed by atoms with van der Waals surface area (Å²) in [5.41, 5.74) is 2.49. The molecule has 15 heavy (non-hydrogen) atoms. The third-order valence-electron chi connectivity index (χ3n) is 3.28. The quantitative estimate of drug-likeness (QED) is 0.685. The Balaban J connectivity index is 2.07. The third-order valence-corrected chi connectivity index (χ3v) is 3.28. The molecule has 1 amide bonds. The molecular weight excluding hydrogens is 190 g/mol. The molecule has 1 aliphatic rings. The molecule has 4 nitrogen and oxygen atoms in total. The van der Waals surface area contributed by atoms with Crippen LogP contribution in [0.15, 0.2) is 6.20 Å². The summed E-state index contributed by atoms with van der Waals surface area (Å²) in [6.07, 6.45) is 4.89. The Hall–Kier alpha value is -1.32. The Labute approximate surface area is 89.9 Å². The summed E-state index contributed by atoms with van der Waals surface area (Å²) in [5, 5.41) is 4.40. The van der Waals surface area contributed by atoms with Gasteiger partial charge in [-0.25, -0.2) is 0 Å². The molecule has 1 saturated heterocycles. The Morgan fingerprint density at radius 3 is 2.53 bits per heavy atom. The van der Waals surface area contributed by atoms with Crippen LogP contribution in [0.3, 0.4) is 0 Å². The number of piperidine rings is 1. The lowest BCUT2D eigenvalue weighted by molar-refractivity contribution is -0.119. The first-order valence-electron chi connectivity index (χ1n) is 5.42. The fourth-order valence-corrected chi connectivity index (χ4v) is 2.11. The molecule has 0 spiro atoms. The van der Waals surface area contributed by atoms with Gasteiger partial charge in [-0.2, -0.15) is 5.10 Å². The molecule has 0 aromatic carbocycles. The average Bonchev–Trinajstić information content (AvgIpc) is 2.60. The summed E-state index contributed by atoms with van der Waals surface area (Å²) in [4.78, 5) is 12.4. The average molecular weight is 207 g/mol. The fraction of sp³-hybridized carbons (Fsp3) is 0.636. The van der Waals surface area contributed by atoms with Crippen molar-refractivity contribution in [3.8, 4) is 0 Å². The molecule has 0 atom stereocenters. The standard InChI is InChI=1S/C11H17N3O/c1-9-7-12-14(10(9)2)11-3-5-13(8-15)6-4-11/h7-8,11H,3-6H2,1-2H3. The first-order chi connectivity index (χ1) is 7.22. The van der Waals surface area contributed by atoms with Gasteiger partial charge in [0.05, 0.1) is 12.2 Å². The van der Waals surface area contributed by atoms with Crippen molar-refractivity contribution in [2.45, 2.75) is 32.7 Å². The number of aromatic nitrogens is 2. The summed E-state index contributed by atoms with van der Waals surface area (Å²) in [5.74, 6) is 0. The summed E-state index contributed by atoms with van der Waals surface area (Å²) >= 11 is 0. The Kier molecular flexibility index (Phi) is 2.75. The second-order valence-corrected chi connectivity index (χ2v) is 4.23. The van der Waals surface area contributed by atoms with Gasteiger partial charge >= 0.3 is 0 Å². The minimum atomic E-state index is 0.467. The molecule has 0 aliphatic carbocycles. The van der Waals surface area contributed by atoms with Crippen LogP contribution in [-0.2, 0) is 4.79 Å². The van der Waals surface area contributed by atoms with E-state index in [1.54, 1.807) is 0 Å². The molecular formula is C11H17N3O. The maximum Gasteiger partial charge on any atom is 0.209 e. The highest BCUT2D eigenvalue weighted by atomic mass is 16.1. The maximum atomic E-state index is 10.6. The number of rotatable bonds is 2. The minimum absolute atomic E-state index is 0.467. The lowest BCUT2D eigenvalue weighted by Gasteiger charge is -2.30. The molecule has 4 heteroatoms. The van der Waals surface area contributed by atoms with Crippen LogP contribution in [0.4, 0.5) is 0 Å². The number of nitrogens with zero attached hydrogens (tertiary/aromatic N) is 3. The summed E-state index contributed by atoms with van der Waals surface area (Å²) in [6, 6.07) is 0.467. The zero-order chi connectivity index (χ0) is 10.8. The predicted octanol–water partition coefficient (Wildman–Crippen LogP) is 1.29. The van der Waals surface area contributed by atoms with E-state index in [1.165, 1.54) is 11.3 Å². The zero-order valence-corrected chi connectivity index (χ0v) is 9.31. The van der Waals surface area contributed by atoms with Gasteiger partial charge in [0.2, 0.25) is 6.41 Å². The second kappa shape index (κ2) is 4.04. The first-order valence-corrected chi connectivity index (χ1v) is 5.42. The van der Waals surface area contributed by atoms with Crippen LogP contribution in [0.5, 0.6) is 0 Å². The van der Waals surface area contributed by atoms with Crippen molar-refractivity contribution in [2.75, 3.05) is 13.1 Å². The summed E-state index contributed by atoms with van der Waals surface area (Å²) in [6.45, 7) is 5.90. The monoisotopic (exact) mass is 207 g/mol. The van der Waals surface area contributed by atoms with E-state index < -0.39 is 0 Å². The van der Waals surface area contributed by atoms with E-state index in [0.717, 1.165) is 32.3 Å². The predicted molar refractivity (Wildman–Crippen MR) is 57.6 cm³/mol. The van der Waals surface area contributed by atoms with Gasteiger partial charge in [0.1, 0.15) is 0 Å². The molecule has 0 bridgehead atoms. The molecule has 0 N–H and O–H groups in total. The van der Waals surface area contributed by atoms with Crippen LogP contribution in [0.25, 0.3) is 0 Å². The number of hydrogen-bond acceptors (Lipinski definition) is 2. The molecule has 0 unspecified atom stereocenters. The van der Waals surface area contributed by atoms with Crippen molar-refractivity contribution in [2.24, 2.45) is 0 Å². The van der Waals surface area contributed by atoms with E-state index in [-0.39, 0.29) is 0 Å². The Morgan fingerprint density at radius 1 is 1.40 bits per heavy atom. The molecule has 1 fully saturated rings. The van der Waals surface area contributed by atoms with E-state index in [9.17, 15) is 4.79 Å². The molecule has 0 radical (unpaired) electrons. The fourth-order valence-electron chi connectivity index (χ4n) is 2.11. The highest BCUT2D eigenvalue weighted by Crippen LogP contribution is 2.23. The first kappa shape index (κ1) is 10.2. The molecule has 1 aromatic heterocycles. The van der Waals surface area contributed by atoms with E-state index in [0.29, 0.717) is 6.04 Å². The normalized spacial score (nSPS) is 18.1. The number of likely N-dealkylation sites (tertiary alicyclic amines) is 1. The van der Waals surface area contributed by atoms with E-state index in [4.69, 9.17) is 0 Å². The number of hydrogen-bond donors (Lipinski definition) is 0. The van der Waals surface area contributed by atoms with Gasteiger partial charge in [-0.15, -0.1) is 0 Å². The van der Waals surface area contributed by atoms with Gasteiger partial charge in [0, 0.05) is 18.8 Å². The number of carbonyl (C=O) groups is 1. The van der Waals surface area contributed by atoms with E-state index in [2.05, 4.69) is 23.6 Å². The lowest BCUT2D eigenvalue weighted by atomic mass is 10.1. The van der Waals surface area contributed by atoms with Crippen molar-refractivity contribution < 1.29 is 4.79 Å². The molecule has 0 saturated carbocycles. The Bertz CT molecular complexity index is 351. The van der Waals surface area contributed by atoms with Crippen LogP contribution in [0, 0.1) is 13.8 Å². The van der Waals surface area contributed by atoms with Crippen molar-refractivity contribution in [1.82, 2.24) is 14.7 Å². The van der Waals surface area contributed by atoms with Crippen LogP contribution < -0.4 is 0 Å². The lowest BCUT2D eigenvalue weighted by Crippen LogP contribution is -2.34. The maximum absolute atomic E-state index is 10.6. The summed E-state index contributed by atoms with van der Waals surface area (Å²) < 4.78 is 2.11. The third kappa shape index (κ3) is 1.89.